The molecule has 1 heterocycles. The first-order chi connectivity index (χ1) is 8.11. The van der Waals surface area contributed by atoms with Crippen molar-refractivity contribution >= 4 is 11.6 Å². The van der Waals surface area contributed by atoms with Gasteiger partial charge in [0.15, 0.2) is 0 Å². The van der Waals surface area contributed by atoms with Crippen LogP contribution in [0.1, 0.15) is 23.0 Å². The highest BCUT2D eigenvalue weighted by atomic mass is 35.5. The lowest BCUT2D eigenvalue weighted by atomic mass is 10.0. The number of halogens is 1. The number of nitrogens with two attached hydrogens (primary N) is 1. The van der Waals surface area contributed by atoms with Crippen LogP contribution >= 0.6 is 11.6 Å². The molecule has 2 aromatic rings. The molecule has 1 atom stereocenters. The molecule has 0 radical (unpaired) electrons. The van der Waals surface area contributed by atoms with E-state index in [9.17, 15) is 0 Å². The van der Waals surface area contributed by atoms with Gasteiger partial charge in [0, 0.05) is 24.5 Å². The van der Waals surface area contributed by atoms with E-state index in [1.165, 1.54) is 0 Å². The fraction of sp³-hybridized carbons (Fsp3) is 0.250. The Kier molecular flexibility index (Phi) is 3.47. The molecule has 1 aromatic carbocycles. The summed E-state index contributed by atoms with van der Waals surface area (Å²) < 4.78 is 1.93. The second kappa shape index (κ2) is 4.87. The molecular formula is C12H15ClN4. The summed E-state index contributed by atoms with van der Waals surface area (Å²) in [5.41, 5.74) is 4.88. The maximum Gasteiger partial charge on any atom is 0.131 e. The van der Waals surface area contributed by atoms with E-state index < -0.39 is 0 Å². The van der Waals surface area contributed by atoms with Gasteiger partial charge in [-0.1, -0.05) is 17.7 Å². The van der Waals surface area contributed by atoms with E-state index in [-0.39, 0.29) is 6.04 Å². The zero-order valence-electron chi connectivity index (χ0n) is 9.81. The van der Waals surface area contributed by atoms with Crippen LogP contribution in [-0.2, 0) is 7.05 Å². The highest BCUT2D eigenvalue weighted by Gasteiger charge is 2.17. The van der Waals surface area contributed by atoms with Gasteiger partial charge in [-0.05, 0) is 30.2 Å². The standard InChI is InChI=1S/C12H15ClN4/c1-8-5-9(7-10(13)6-8)11(16-14)12-15-3-4-17(12)2/h3-7,11,16H,14H2,1-2H3. The second-order valence-electron chi connectivity index (χ2n) is 4.06. The van der Waals surface area contributed by atoms with Crippen molar-refractivity contribution in [1.82, 2.24) is 15.0 Å². The molecule has 3 N–H and O–H groups in total. The minimum Gasteiger partial charge on any atom is -0.336 e. The van der Waals surface area contributed by atoms with E-state index in [1.807, 2.05) is 42.9 Å². The van der Waals surface area contributed by atoms with Gasteiger partial charge in [-0.25, -0.2) is 10.4 Å². The molecule has 0 amide bonds. The number of aryl methyl sites for hydroxylation is 2. The van der Waals surface area contributed by atoms with Crippen molar-refractivity contribution in [3.63, 3.8) is 0 Å². The number of rotatable bonds is 3. The van der Waals surface area contributed by atoms with Crippen LogP contribution < -0.4 is 11.3 Å². The number of nitrogens with zero attached hydrogens (tertiary/aromatic N) is 2. The molecule has 5 heteroatoms. The molecule has 1 aromatic heterocycles. The Bertz CT molecular complexity index is 501. The van der Waals surface area contributed by atoms with Crippen molar-refractivity contribution in [2.75, 3.05) is 0 Å². The van der Waals surface area contributed by atoms with Crippen molar-refractivity contribution in [2.45, 2.75) is 13.0 Å². The van der Waals surface area contributed by atoms with Crippen LogP contribution in [0.4, 0.5) is 0 Å². The molecule has 0 bridgehead atoms. The quantitative estimate of drug-likeness (QED) is 0.647. The molecule has 17 heavy (non-hydrogen) atoms. The Labute approximate surface area is 105 Å². The number of aromatic nitrogens is 2. The average Bonchev–Trinajstić information content (AvgIpc) is 2.65. The summed E-state index contributed by atoms with van der Waals surface area (Å²) in [6.07, 6.45) is 3.63. The molecule has 0 aliphatic heterocycles. The summed E-state index contributed by atoms with van der Waals surface area (Å²) in [5, 5.41) is 0.703. The lowest BCUT2D eigenvalue weighted by molar-refractivity contribution is 0.580. The number of hydrogen-bond donors (Lipinski definition) is 2. The zero-order valence-corrected chi connectivity index (χ0v) is 10.6. The molecule has 2 rings (SSSR count). The first-order valence-corrected chi connectivity index (χ1v) is 5.70. The highest BCUT2D eigenvalue weighted by Crippen LogP contribution is 2.24. The Hall–Kier alpha value is -1.36. The Morgan fingerprint density at radius 2 is 2.18 bits per heavy atom. The van der Waals surface area contributed by atoms with Gasteiger partial charge in [-0.2, -0.15) is 0 Å². The van der Waals surface area contributed by atoms with Gasteiger partial charge in [0.05, 0.1) is 0 Å². The molecule has 0 saturated heterocycles. The minimum atomic E-state index is -0.160. The van der Waals surface area contributed by atoms with Gasteiger partial charge in [-0.3, -0.25) is 5.84 Å². The number of imidazole rings is 1. The van der Waals surface area contributed by atoms with Gasteiger partial charge in [0.1, 0.15) is 11.9 Å². The van der Waals surface area contributed by atoms with Crippen LogP contribution in [0, 0.1) is 6.92 Å². The Morgan fingerprint density at radius 3 is 2.71 bits per heavy atom. The largest absolute Gasteiger partial charge is 0.336 e. The van der Waals surface area contributed by atoms with Crippen molar-refractivity contribution in [2.24, 2.45) is 12.9 Å². The van der Waals surface area contributed by atoms with Gasteiger partial charge >= 0.3 is 0 Å². The van der Waals surface area contributed by atoms with Crippen LogP contribution in [0.3, 0.4) is 0 Å². The third kappa shape index (κ3) is 2.49. The first-order valence-electron chi connectivity index (χ1n) is 5.32. The lowest BCUT2D eigenvalue weighted by Crippen LogP contribution is -2.30. The first kappa shape index (κ1) is 12.1. The number of hydrazine groups is 1. The third-order valence-corrected chi connectivity index (χ3v) is 2.90. The molecule has 0 spiro atoms. The summed E-state index contributed by atoms with van der Waals surface area (Å²) in [4.78, 5) is 4.30. The van der Waals surface area contributed by atoms with Gasteiger partial charge in [0.2, 0.25) is 0 Å². The molecule has 0 aliphatic rings. The monoisotopic (exact) mass is 250 g/mol. The predicted molar refractivity (Wildman–Crippen MR) is 68.6 cm³/mol. The molecule has 0 saturated carbocycles. The summed E-state index contributed by atoms with van der Waals surface area (Å²) in [7, 11) is 1.93. The molecule has 1 unspecified atom stereocenters. The van der Waals surface area contributed by atoms with Gasteiger partial charge in [-0.15, -0.1) is 0 Å². The van der Waals surface area contributed by atoms with E-state index in [1.54, 1.807) is 6.20 Å². The lowest BCUT2D eigenvalue weighted by Gasteiger charge is -2.17. The number of nitrogens with one attached hydrogen (secondary N) is 1. The van der Waals surface area contributed by atoms with Crippen molar-refractivity contribution in [3.05, 3.63) is 52.6 Å². The Morgan fingerprint density at radius 1 is 1.41 bits per heavy atom. The molecule has 4 nitrogen and oxygen atoms in total. The van der Waals surface area contributed by atoms with Crippen LogP contribution in [0.25, 0.3) is 0 Å². The van der Waals surface area contributed by atoms with E-state index in [0.29, 0.717) is 5.02 Å². The van der Waals surface area contributed by atoms with Crippen molar-refractivity contribution < 1.29 is 0 Å². The maximum absolute atomic E-state index is 6.06. The van der Waals surface area contributed by atoms with E-state index in [2.05, 4.69) is 10.4 Å². The second-order valence-corrected chi connectivity index (χ2v) is 4.49. The third-order valence-electron chi connectivity index (χ3n) is 2.68. The fourth-order valence-electron chi connectivity index (χ4n) is 1.91. The smallest absolute Gasteiger partial charge is 0.131 e. The predicted octanol–water partition coefficient (Wildman–Crippen LogP) is 1.93. The topological polar surface area (TPSA) is 55.9 Å². The normalized spacial score (nSPS) is 12.7. The fourth-order valence-corrected chi connectivity index (χ4v) is 2.20. The van der Waals surface area contributed by atoms with Crippen LogP contribution in [0.15, 0.2) is 30.6 Å². The van der Waals surface area contributed by atoms with Gasteiger partial charge in [0.25, 0.3) is 0 Å². The molecule has 0 fully saturated rings. The van der Waals surface area contributed by atoms with E-state index in [0.717, 1.165) is 17.0 Å². The van der Waals surface area contributed by atoms with Crippen molar-refractivity contribution in [3.8, 4) is 0 Å². The van der Waals surface area contributed by atoms with Crippen LogP contribution in [0.5, 0.6) is 0 Å². The highest BCUT2D eigenvalue weighted by molar-refractivity contribution is 6.30. The van der Waals surface area contributed by atoms with E-state index >= 15 is 0 Å². The SMILES string of the molecule is Cc1cc(Cl)cc(C(NN)c2nccn2C)c1. The minimum absolute atomic E-state index is 0.160. The average molecular weight is 251 g/mol. The maximum atomic E-state index is 6.06. The zero-order chi connectivity index (χ0) is 12.4. The van der Waals surface area contributed by atoms with Crippen LogP contribution in [-0.4, -0.2) is 9.55 Å². The summed E-state index contributed by atoms with van der Waals surface area (Å²) in [6.45, 7) is 2.00. The number of benzene rings is 1. The van der Waals surface area contributed by atoms with Gasteiger partial charge < -0.3 is 4.57 Å². The van der Waals surface area contributed by atoms with Crippen molar-refractivity contribution in [1.29, 1.82) is 0 Å². The summed E-state index contributed by atoms with van der Waals surface area (Å²) >= 11 is 6.06. The van der Waals surface area contributed by atoms with Crippen LogP contribution in [0.2, 0.25) is 5.02 Å². The van der Waals surface area contributed by atoms with E-state index in [4.69, 9.17) is 17.4 Å². The summed E-state index contributed by atoms with van der Waals surface area (Å²) in [6, 6.07) is 5.70. The molecular weight excluding hydrogens is 236 g/mol. The number of hydrogen-bond acceptors (Lipinski definition) is 3. The summed E-state index contributed by atoms with van der Waals surface area (Å²) in [5.74, 6) is 6.47. The molecule has 0 aliphatic carbocycles. The Balaban J connectivity index is 2.45. The molecule has 90 valence electrons.